The van der Waals surface area contributed by atoms with Gasteiger partial charge in [0, 0.05) is 0 Å². The minimum Gasteiger partial charge on any atom is -0.294 e. The van der Waals surface area contributed by atoms with Crippen molar-refractivity contribution in [1.29, 1.82) is 0 Å². The third kappa shape index (κ3) is 2.28. The first-order valence-corrected chi connectivity index (χ1v) is 3.43. The van der Waals surface area contributed by atoms with E-state index in [1.54, 1.807) is 14.1 Å². The van der Waals surface area contributed by atoms with Crippen LogP contribution in [0.1, 0.15) is 0 Å². The topological polar surface area (TPSA) is 37.4 Å². The maximum Gasteiger partial charge on any atom is 0.156 e. The van der Waals surface area contributed by atoms with Gasteiger partial charge in [-0.2, -0.15) is 0 Å². The van der Waals surface area contributed by atoms with E-state index in [2.05, 4.69) is 6.92 Å². The van der Waals surface area contributed by atoms with Gasteiger partial charge < -0.3 is 0 Å². The molecule has 0 spiro atoms. The smallest absolute Gasteiger partial charge is 0.156 e. The van der Waals surface area contributed by atoms with Gasteiger partial charge in [-0.25, -0.2) is 8.42 Å². The molecule has 0 aliphatic heterocycles. The van der Waals surface area contributed by atoms with Crippen LogP contribution in [-0.4, -0.2) is 32.8 Å². The summed E-state index contributed by atoms with van der Waals surface area (Å²) in [6, 6.07) is 0. The van der Waals surface area contributed by atoms with Crippen molar-refractivity contribution in [3.63, 3.8) is 0 Å². The lowest BCUT2D eigenvalue weighted by atomic mass is 10.7. The fraction of sp³-hybridized carbons (Fsp3) is 0.750. The Morgan fingerprint density at radius 3 is 1.88 bits per heavy atom. The van der Waals surface area contributed by atoms with E-state index in [0.717, 1.165) is 0 Å². The predicted molar refractivity (Wildman–Crippen MR) is 33.1 cm³/mol. The van der Waals surface area contributed by atoms with E-state index in [1.807, 2.05) is 0 Å². The molecule has 0 aromatic carbocycles. The van der Waals surface area contributed by atoms with Gasteiger partial charge in [-0.3, -0.25) is 4.90 Å². The van der Waals surface area contributed by atoms with Crippen molar-refractivity contribution in [3.8, 4) is 0 Å². The Bertz CT molecular complexity index is 122. The molecule has 0 aliphatic rings. The van der Waals surface area contributed by atoms with Crippen molar-refractivity contribution in [2.24, 2.45) is 0 Å². The lowest BCUT2D eigenvalue weighted by Crippen LogP contribution is -2.25. The SMILES string of the molecule is [CH2]C(N(C)C)[SH](=O)=O. The summed E-state index contributed by atoms with van der Waals surface area (Å²) >= 11 is 0. The van der Waals surface area contributed by atoms with Crippen LogP contribution in [0.3, 0.4) is 0 Å². The highest BCUT2D eigenvalue weighted by molar-refractivity contribution is 7.73. The summed E-state index contributed by atoms with van der Waals surface area (Å²) in [7, 11) is 0.953. The van der Waals surface area contributed by atoms with Crippen LogP contribution >= 0.6 is 0 Å². The maximum atomic E-state index is 10.1. The minimum atomic E-state index is -2.39. The van der Waals surface area contributed by atoms with Gasteiger partial charge in [0.05, 0.1) is 0 Å². The summed E-state index contributed by atoms with van der Waals surface area (Å²) in [6.45, 7) is 3.37. The van der Waals surface area contributed by atoms with Gasteiger partial charge in [-0.15, -0.1) is 0 Å². The number of thiol groups is 1. The zero-order valence-electron chi connectivity index (χ0n) is 5.00. The van der Waals surface area contributed by atoms with Crippen LogP contribution in [0.2, 0.25) is 0 Å². The summed E-state index contributed by atoms with van der Waals surface area (Å²) < 4.78 is 20.1. The van der Waals surface area contributed by atoms with Gasteiger partial charge in [-0.1, -0.05) is 0 Å². The maximum absolute atomic E-state index is 10.1. The van der Waals surface area contributed by atoms with Crippen LogP contribution in [-0.2, 0) is 10.7 Å². The molecule has 0 aliphatic carbocycles. The van der Waals surface area contributed by atoms with Crippen LogP contribution in [0.4, 0.5) is 0 Å². The molecule has 0 heterocycles. The fourth-order valence-electron chi connectivity index (χ4n) is 0.189. The molecule has 3 nitrogen and oxygen atoms in total. The molecule has 4 heteroatoms. The highest BCUT2D eigenvalue weighted by atomic mass is 32.2. The first-order chi connectivity index (χ1) is 3.55. The van der Waals surface area contributed by atoms with Gasteiger partial charge in [0.15, 0.2) is 10.7 Å². The molecule has 0 saturated carbocycles. The molecule has 0 saturated heterocycles. The number of hydrogen-bond donors (Lipinski definition) is 1. The standard InChI is InChI=1S/C4H10NO2S/c1-4(5(2)3)8(6)7/h4,8H,1H2,2-3H3. The minimum absolute atomic E-state index is 0.593. The number of rotatable bonds is 2. The summed E-state index contributed by atoms with van der Waals surface area (Å²) in [5.74, 6) is 0. The highest BCUT2D eigenvalue weighted by Crippen LogP contribution is 1.88. The van der Waals surface area contributed by atoms with Crippen molar-refractivity contribution in [2.45, 2.75) is 5.37 Å². The Morgan fingerprint density at radius 1 is 1.50 bits per heavy atom. The third-order valence-electron chi connectivity index (χ3n) is 0.839. The number of nitrogens with zero attached hydrogens (tertiary/aromatic N) is 1. The highest BCUT2D eigenvalue weighted by Gasteiger charge is 2.04. The van der Waals surface area contributed by atoms with E-state index in [4.69, 9.17) is 0 Å². The summed E-state index contributed by atoms with van der Waals surface area (Å²) in [6.07, 6.45) is 0. The van der Waals surface area contributed by atoms with Crippen molar-refractivity contribution < 1.29 is 8.42 Å². The van der Waals surface area contributed by atoms with E-state index < -0.39 is 16.1 Å². The molecule has 0 fully saturated rings. The predicted octanol–water partition coefficient (Wildman–Crippen LogP) is -0.680. The Labute approximate surface area is 51.3 Å². The van der Waals surface area contributed by atoms with Crippen molar-refractivity contribution >= 4 is 10.7 Å². The summed E-state index contributed by atoms with van der Waals surface area (Å²) in [5, 5.41) is -0.593. The Kier molecular flexibility index (Phi) is 3.01. The Hall–Kier alpha value is -0.0900. The molecule has 49 valence electrons. The molecule has 1 unspecified atom stereocenters. The van der Waals surface area contributed by atoms with Crippen LogP contribution in [0.5, 0.6) is 0 Å². The lowest BCUT2D eigenvalue weighted by Gasteiger charge is -2.11. The number of hydrogen-bond acceptors (Lipinski definition) is 3. The van der Waals surface area contributed by atoms with Gasteiger partial charge >= 0.3 is 0 Å². The summed E-state index contributed by atoms with van der Waals surface area (Å²) in [5.41, 5.74) is 0. The third-order valence-corrected chi connectivity index (χ3v) is 1.79. The zero-order valence-corrected chi connectivity index (χ0v) is 5.89. The molecule has 0 N–H and O–H groups in total. The van der Waals surface area contributed by atoms with E-state index >= 15 is 0 Å². The summed E-state index contributed by atoms with van der Waals surface area (Å²) in [4.78, 5) is 1.53. The Balaban J connectivity index is 3.83. The Morgan fingerprint density at radius 2 is 1.88 bits per heavy atom. The van der Waals surface area contributed by atoms with Crippen LogP contribution in [0.15, 0.2) is 0 Å². The molecule has 8 heavy (non-hydrogen) atoms. The second-order valence-electron chi connectivity index (χ2n) is 1.73. The van der Waals surface area contributed by atoms with Gasteiger partial charge in [0.2, 0.25) is 0 Å². The second kappa shape index (κ2) is 3.04. The van der Waals surface area contributed by atoms with Gasteiger partial charge in [0.25, 0.3) is 0 Å². The molecular weight excluding hydrogens is 126 g/mol. The molecule has 0 bridgehead atoms. The molecule has 0 rings (SSSR count). The van der Waals surface area contributed by atoms with E-state index in [0.29, 0.717) is 0 Å². The molecule has 0 amide bonds. The quantitative estimate of drug-likeness (QED) is 0.511. The van der Waals surface area contributed by atoms with Crippen molar-refractivity contribution in [2.75, 3.05) is 14.1 Å². The van der Waals surface area contributed by atoms with Gasteiger partial charge in [0.1, 0.15) is 5.37 Å². The molecule has 1 radical (unpaired) electrons. The van der Waals surface area contributed by atoms with Crippen LogP contribution < -0.4 is 0 Å². The monoisotopic (exact) mass is 136 g/mol. The average molecular weight is 136 g/mol. The molecule has 0 aromatic rings. The van der Waals surface area contributed by atoms with E-state index in [9.17, 15) is 8.42 Å². The zero-order chi connectivity index (χ0) is 6.73. The molecular formula is C4H10NO2S. The first kappa shape index (κ1) is 7.91. The van der Waals surface area contributed by atoms with E-state index in [1.165, 1.54) is 4.90 Å². The average Bonchev–Trinajstić information content (AvgIpc) is 1.64. The van der Waals surface area contributed by atoms with Crippen LogP contribution in [0, 0.1) is 6.92 Å². The largest absolute Gasteiger partial charge is 0.294 e. The molecule has 1 atom stereocenters. The molecule has 0 aromatic heterocycles. The van der Waals surface area contributed by atoms with E-state index in [-0.39, 0.29) is 0 Å². The van der Waals surface area contributed by atoms with Crippen molar-refractivity contribution in [1.82, 2.24) is 4.90 Å². The van der Waals surface area contributed by atoms with Crippen LogP contribution in [0.25, 0.3) is 0 Å². The second-order valence-corrected chi connectivity index (χ2v) is 2.90. The normalized spacial score (nSPS) is 15.1. The first-order valence-electron chi connectivity index (χ1n) is 2.18. The fourth-order valence-corrected chi connectivity index (χ4v) is 0.566. The van der Waals surface area contributed by atoms with Crippen molar-refractivity contribution in [3.05, 3.63) is 6.92 Å². The lowest BCUT2D eigenvalue weighted by molar-refractivity contribution is 0.410. The van der Waals surface area contributed by atoms with Gasteiger partial charge in [-0.05, 0) is 21.0 Å².